The number of halogens is 3. The van der Waals surface area contributed by atoms with E-state index in [0.717, 1.165) is 5.56 Å². The summed E-state index contributed by atoms with van der Waals surface area (Å²) >= 11 is 11.6. The molecule has 1 unspecified atom stereocenters. The normalized spacial score (nSPS) is 12.0. The molecule has 2 N–H and O–H groups in total. The molecule has 0 bridgehead atoms. The fourth-order valence-electron chi connectivity index (χ4n) is 0.872. The minimum absolute atomic E-state index is 0. The summed E-state index contributed by atoms with van der Waals surface area (Å²) in [5.41, 5.74) is 6.53. The first-order valence-corrected chi connectivity index (χ1v) is 4.08. The molecule has 0 amide bonds. The quantitative estimate of drug-likeness (QED) is 0.716. The van der Waals surface area contributed by atoms with Crippen molar-refractivity contribution in [3.8, 4) is 0 Å². The molecule has 0 radical (unpaired) electrons. The second-order valence-corrected chi connectivity index (χ2v) is 3.22. The van der Waals surface area contributed by atoms with E-state index in [4.69, 9.17) is 28.9 Å². The average Bonchev–Trinajstić information content (AvgIpc) is 1.94. The Morgan fingerprint density at radius 2 is 1.92 bits per heavy atom. The van der Waals surface area contributed by atoms with Gasteiger partial charge in [-0.1, -0.05) is 35.3 Å². The molecule has 0 aliphatic rings. The van der Waals surface area contributed by atoms with E-state index in [0.29, 0.717) is 10.0 Å². The summed E-state index contributed by atoms with van der Waals surface area (Å²) in [5.74, 6) is 0. The van der Waals surface area contributed by atoms with Gasteiger partial charge in [-0.05, 0) is 18.6 Å². The summed E-state index contributed by atoms with van der Waals surface area (Å²) in [7, 11) is 0. The monoisotopic (exact) mass is 224 g/mol. The van der Waals surface area contributed by atoms with E-state index in [1.165, 1.54) is 0 Å². The smallest absolute Gasteiger partial charge is 0.0639 e. The van der Waals surface area contributed by atoms with Crippen molar-refractivity contribution in [2.75, 3.05) is 0 Å². The van der Waals surface area contributed by atoms with Crippen LogP contribution in [0.25, 0.3) is 0 Å². The molecule has 0 heterocycles. The maximum Gasteiger partial charge on any atom is 0.0639 e. The average molecular weight is 226 g/mol. The highest BCUT2D eigenvalue weighted by Gasteiger charge is 2.06. The molecule has 1 atom stereocenters. The second-order valence-electron chi connectivity index (χ2n) is 2.43. The number of benzene rings is 1. The van der Waals surface area contributed by atoms with E-state index >= 15 is 0 Å². The largest absolute Gasteiger partial charge is 1.00 e. The van der Waals surface area contributed by atoms with Crippen molar-refractivity contribution in [3.63, 3.8) is 0 Å². The van der Waals surface area contributed by atoms with Crippen molar-refractivity contribution in [1.82, 2.24) is 0 Å². The molecule has 0 spiro atoms. The highest BCUT2D eigenvalue weighted by Crippen LogP contribution is 2.28. The highest BCUT2D eigenvalue weighted by molar-refractivity contribution is 6.42. The standard InChI is InChI=1S/C8H9Cl2N.ClH/c1-5(11)6-3-2-4-7(9)8(6)10;/h2-5H,11H2,1H3;1H/p-1. The minimum atomic E-state index is -0.0683. The topological polar surface area (TPSA) is 26.0 Å². The van der Waals surface area contributed by atoms with Crippen LogP contribution in [0, 0.1) is 0 Å². The number of rotatable bonds is 1. The maximum atomic E-state index is 5.88. The van der Waals surface area contributed by atoms with Crippen molar-refractivity contribution in [1.29, 1.82) is 0 Å². The first-order chi connectivity index (χ1) is 5.13. The van der Waals surface area contributed by atoms with Crippen molar-refractivity contribution in [2.45, 2.75) is 13.0 Å². The van der Waals surface area contributed by atoms with Gasteiger partial charge in [0.25, 0.3) is 0 Å². The molecule has 4 heteroatoms. The van der Waals surface area contributed by atoms with Gasteiger partial charge in [0.1, 0.15) is 0 Å². The third kappa shape index (κ3) is 2.53. The number of nitrogens with two attached hydrogens (primary N) is 1. The van der Waals surface area contributed by atoms with Crippen molar-refractivity contribution >= 4 is 23.2 Å². The van der Waals surface area contributed by atoms with E-state index in [2.05, 4.69) is 0 Å². The summed E-state index contributed by atoms with van der Waals surface area (Å²) < 4.78 is 0. The Morgan fingerprint density at radius 1 is 1.33 bits per heavy atom. The molecule has 0 aliphatic carbocycles. The summed E-state index contributed by atoms with van der Waals surface area (Å²) in [6.07, 6.45) is 0. The lowest BCUT2D eigenvalue weighted by Crippen LogP contribution is -3.00. The zero-order valence-electron chi connectivity index (χ0n) is 6.52. The molecule has 0 saturated carbocycles. The molecule has 0 aromatic heterocycles. The fourth-order valence-corrected chi connectivity index (χ4v) is 1.35. The van der Waals surface area contributed by atoms with Crippen LogP contribution in [0.15, 0.2) is 18.2 Å². The maximum absolute atomic E-state index is 5.88. The minimum Gasteiger partial charge on any atom is -1.00 e. The van der Waals surface area contributed by atoms with Gasteiger partial charge in [0.2, 0.25) is 0 Å². The predicted molar refractivity (Wildman–Crippen MR) is 49.1 cm³/mol. The van der Waals surface area contributed by atoms with E-state index < -0.39 is 0 Å². The lowest BCUT2D eigenvalue weighted by atomic mass is 10.1. The molecule has 1 aromatic rings. The van der Waals surface area contributed by atoms with E-state index in [-0.39, 0.29) is 18.4 Å². The van der Waals surface area contributed by atoms with Crippen molar-refractivity contribution in [3.05, 3.63) is 33.8 Å². The van der Waals surface area contributed by atoms with Crippen molar-refractivity contribution < 1.29 is 12.4 Å². The SMILES string of the molecule is CC(N)c1cccc(Cl)c1Cl.[Cl-]. The molecule has 0 aliphatic heterocycles. The molecular weight excluding hydrogens is 216 g/mol. The van der Waals surface area contributed by atoms with Gasteiger partial charge >= 0.3 is 0 Å². The van der Waals surface area contributed by atoms with Gasteiger partial charge in [0.05, 0.1) is 10.0 Å². The Hall–Kier alpha value is 0.0500. The van der Waals surface area contributed by atoms with Crippen LogP contribution in [0.2, 0.25) is 10.0 Å². The van der Waals surface area contributed by atoms with Crippen LogP contribution in [0.4, 0.5) is 0 Å². The molecule has 12 heavy (non-hydrogen) atoms. The van der Waals surface area contributed by atoms with E-state index in [1.807, 2.05) is 19.1 Å². The van der Waals surface area contributed by atoms with Crippen molar-refractivity contribution in [2.24, 2.45) is 5.73 Å². The molecule has 0 fully saturated rings. The van der Waals surface area contributed by atoms with Crippen LogP contribution >= 0.6 is 23.2 Å². The highest BCUT2D eigenvalue weighted by atomic mass is 35.5. The van der Waals surface area contributed by atoms with Gasteiger partial charge in [-0.15, -0.1) is 0 Å². The fraction of sp³-hybridized carbons (Fsp3) is 0.250. The summed E-state index contributed by atoms with van der Waals surface area (Å²) in [5, 5.41) is 1.12. The molecule has 1 rings (SSSR count). The third-order valence-electron chi connectivity index (χ3n) is 1.47. The van der Waals surface area contributed by atoms with Gasteiger partial charge in [-0.25, -0.2) is 0 Å². The predicted octanol–water partition coefficient (Wildman–Crippen LogP) is 0.0171. The van der Waals surface area contributed by atoms with Gasteiger partial charge in [-0.2, -0.15) is 0 Å². The van der Waals surface area contributed by atoms with Crippen LogP contribution in [0.5, 0.6) is 0 Å². The number of hydrogen-bond donors (Lipinski definition) is 1. The molecule has 68 valence electrons. The zero-order valence-corrected chi connectivity index (χ0v) is 8.79. The molecule has 1 nitrogen and oxygen atoms in total. The van der Waals surface area contributed by atoms with Gasteiger partial charge in [0, 0.05) is 6.04 Å². The van der Waals surface area contributed by atoms with Gasteiger partial charge in [-0.3, -0.25) is 0 Å². The Labute approximate surface area is 88.3 Å². The second kappa shape index (κ2) is 4.93. The summed E-state index contributed by atoms with van der Waals surface area (Å²) in [6, 6.07) is 5.39. The van der Waals surface area contributed by atoms with Crippen LogP contribution < -0.4 is 18.1 Å². The van der Waals surface area contributed by atoms with Crippen LogP contribution in [0.1, 0.15) is 18.5 Å². The van der Waals surface area contributed by atoms with Gasteiger partial charge in [0.15, 0.2) is 0 Å². The number of hydrogen-bond acceptors (Lipinski definition) is 1. The van der Waals surface area contributed by atoms with E-state index in [1.54, 1.807) is 6.07 Å². The lowest BCUT2D eigenvalue weighted by Gasteiger charge is -2.08. The third-order valence-corrected chi connectivity index (χ3v) is 2.31. The Bertz CT molecular complexity index is 260. The zero-order chi connectivity index (χ0) is 8.43. The Morgan fingerprint density at radius 3 is 2.33 bits per heavy atom. The van der Waals surface area contributed by atoms with Gasteiger partial charge < -0.3 is 18.1 Å². The van der Waals surface area contributed by atoms with Crippen LogP contribution in [-0.4, -0.2) is 0 Å². The Balaban J connectivity index is 0.00000121. The lowest BCUT2D eigenvalue weighted by molar-refractivity contribution is -0.00000225. The van der Waals surface area contributed by atoms with E-state index in [9.17, 15) is 0 Å². The first-order valence-electron chi connectivity index (χ1n) is 3.32. The Kier molecular flexibility index (Phi) is 4.95. The molecule has 1 aromatic carbocycles. The van der Waals surface area contributed by atoms with Crippen LogP contribution in [-0.2, 0) is 0 Å². The molecular formula is C8H9Cl3N-. The first kappa shape index (κ1) is 12.0. The molecule has 0 saturated heterocycles. The summed E-state index contributed by atoms with van der Waals surface area (Å²) in [4.78, 5) is 0. The summed E-state index contributed by atoms with van der Waals surface area (Å²) in [6.45, 7) is 1.87. The van der Waals surface area contributed by atoms with Crippen LogP contribution in [0.3, 0.4) is 0 Å².